The molecule has 0 saturated carbocycles. The van der Waals surface area contributed by atoms with E-state index >= 15 is 0 Å². The molecule has 12 rings (SSSR count). The summed E-state index contributed by atoms with van der Waals surface area (Å²) in [7, 11) is 0. The van der Waals surface area contributed by atoms with Crippen molar-refractivity contribution in [3.8, 4) is 28.7 Å². The molecule has 0 aliphatic rings. The van der Waals surface area contributed by atoms with Crippen LogP contribution >= 0.6 is 0 Å². The van der Waals surface area contributed by atoms with E-state index in [0.717, 1.165) is 32.9 Å². The van der Waals surface area contributed by atoms with Crippen LogP contribution in [0.3, 0.4) is 0 Å². The Morgan fingerprint density at radius 1 is 0.246 bits per heavy atom. The number of fused-ring (bicyclic) bond motifs is 3. The molecule has 2 aromatic heterocycles. The molecular formula is C63H46Ge2N4. The van der Waals surface area contributed by atoms with Gasteiger partial charge in [0.1, 0.15) is 0 Å². The molecule has 0 fully saturated rings. The second-order valence-corrected chi connectivity index (χ2v) is 33.5. The van der Waals surface area contributed by atoms with Crippen molar-refractivity contribution in [3.05, 3.63) is 279 Å². The van der Waals surface area contributed by atoms with E-state index in [-0.39, 0.29) is 0 Å². The molecule has 2 heterocycles. The van der Waals surface area contributed by atoms with E-state index in [1.165, 1.54) is 35.2 Å². The van der Waals surface area contributed by atoms with Crippen LogP contribution < -0.4 is 35.2 Å². The molecular weight excluding hydrogens is 958 g/mol. The van der Waals surface area contributed by atoms with Crippen LogP contribution in [0.15, 0.2) is 279 Å². The molecule has 0 amide bonds. The molecule has 326 valence electrons. The summed E-state index contributed by atoms with van der Waals surface area (Å²) in [5.74, 6) is 1.82. The van der Waals surface area contributed by atoms with Gasteiger partial charge in [-0.2, -0.15) is 0 Å². The van der Waals surface area contributed by atoms with Crippen LogP contribution in [0.1, 0.15) is 0 Å². The van der Waals surface area contributed by atoms with Crippen LogP contribution in [0, 0.1) is 0 Å². The van der Waals surface area contributed by atoms with Gasteiger partial charge in [-0.1, -0.05) is 0 Å². The summed E-state index contributed by atoms with van der Waals surface area (Å²) in [5.41, 5.74) is 3.97. The first-order chi connectivity index (χ1) is 34.2. The second-order valence-electron chi connectivity index (χ2n) is 17.5. The molecule has 6 heteroatoms. The van der Waals surface area contributed by atoms with Gasteiger partial charge in [-0.25, -0.2) is 0 Å². The number of aromatic nitrogens is 4. The molecule has 12 aromatic rings. The van der Waals surface area contributed by atoms with Crippen LogP contribution in [0.25, 0.3) is 50.5 Å². The Bertz CT molecular complexity index is 3280. The van der Waals surface area contributed by atoms with Crippen molar-refractivity contribution >= 4 is 83.5 Å². The van der Waals surface area contributed by atoms with Gasteiger partial charge in [0.15, 0.2) is 0 Å². The number of rotatable bonds is 11. The summed E-state index contributed by atoms with van der Waals surface area (Å²) < 4.78 is 12.9. The molecule has 0 atom stereocenters. The normalized spacial score (nSPS) is 11.8. The van der Waals surface area contributed by atoms with Crippen molar-refractivity contribution in [1.29, 1.82) is 0 Å². The molecule has 4 nitrogen and oxygen atoms in total. The maximum atomic E-state index is 5.53. The number of benzene rings is 10. The van der Waals surface area contributed by atoms with Gasteiger partial charge < -0.3 is 0 Å². The summed E-state index contributed by atoms with van der Waals surface area (Å²) in [5, 5.41) is 2.30. The van der Waals surface area contributed by atoms with Gasteiger partial charge in [-0.05, 0) is 0 Å². The van der Waals surface area contributed by atoms with E-state index in [0.29, 0.717) is 17.6 Å². The van der Waals surface area contributed by atoms with Gasteiger partial charge in [0.25, 0.3) is 0 Å². The summed E-state index contributed by atoms with van der Waals surface area (Å²) in [4.78, 5) is 16.5. The monoisotopic (exact) mass is 1010 g/mol. The van der Waals surface area contributed by atoms with Gasteiger partial charge in [-0.15, -0.1) is 0 Å². The fraction of sp³-hybridized carbons (Fsp3) is 0. The quantitative estimate of drug-likeness (QED) is 0.122. The zero-order chi connectivity index (χ0) is 46.0. The van der Waals surface area contributed by atoms with Gasteiger partial charge in [0.05, 0.1) is 0 Å². The second kappa shape index (κ2) is 18.3. The molecule has 0 spiro atoms. The van der Waals surface area contributed by atoms with Gasteiger partial charge in [-0.3, -0.25) is 0 Å². The Hall–Kier alpha value is -7.90. The first kappa shape index (κ1) is 42.5. The zero-order valence-corrected chi connectivity index (χ0v) is 42.0. The topological polar surface area (TPSA) is 43.6 Å². The van der Waals surface area contributed by atoms with Crippen LogP contribution in [-0.2, 0) is 0 Å². The Kier molecular flexibility index (Phi) is 11.3. The molecule has 0 saturated heterocycles. The van der Waals surface area contributed by atoms with Crippen LogP contribution in [0.4, 0.5) is 0 Å². The molecule has 10 aromatic carbocycles. The Balaban J connectivity index is 1.13. The average Bonchev–Trinajstić information content (AvgIpc) is 3.78. The predicted octanol–water partition coefficient (Wildman–Crippen LogP) is 9.06. The van der Waals surface area contributed by atoms with Crippen molar-refractivity contribution in [2.45, 2.75) is 0 Å². The zero-order valence-electron chi connectivity index (χ0n) is 37.8. The summed E-state index contributed by atoms with van der Waals surface area (Å²) in [6.45, 7) is 0. The van der Waals surface area contributed by atoms with Crippen molar-refractivity contribution in [3.63, 3.8) is 0 Å². The van der Waals surface area contributed by atoms with E-state index in [1.807, 2.05) is 0 Å². The van der Waals surface area contributed by atoms with Gasteiger partial charge in [0, 0.05) is 0 Å². The molecule has 0 aliphatic heterocycles. The SMILES string of the molecule is c1cc[c]([Ge]([c]2ccccc2)([c]2ccccc2)[c]2cccc(-c3nc(-c4ccc[c]([Ge]([c]5ccccc5)([c]5ccccc5)[c]5ccccc5)c4)nc(-n4c5ccccc5c5ccccc54)n3)c2)cc1. The minimum absolute atomic E-state index is 0.576. The number of hydrogen-bond acceptors (Lipinski definition) is 3. The standard InChI is InChI=1S/C63H46Ge2N4/c1-7-27-49(28-8-1)64(50-29-9-2-10-30-50,51-31-11-3-12-32-51)55-39-23-25-47(45-55)61-66-62(68-63(67-61)69-59-43-21-19-41-57(59)58-42-20-22-44-60(58)69)48-26-24-40-56(46-48)65(52-33-13-4-14-34-52,53-35-15-5-16-36-53)54-37-17-6-18-38-54/h1-46H. The third-order valence-corrected chi connectivity index (χ3v) is 33.8. The number of para-hydroxylation sites is 2. The minimum atomic E-state index is -3.66. The van der Waals surface area contributed by atoms with Crippen LogP contribution in [0.5, 0.6) is 0 Å². The molecule has 0 unspecified atom stereocenters. The first-order valence-electron chi connectivity index (χ1n) is 23.5. The number of hydrogen-bond donors (Lipinski definition) is 0. The maximum absolute atomic E-state index is 5.53. The third-order valence-electron chi connectivity index (χ3n) is 13.8. The average molecular weight is 1000 g/mol. The molecule has 0 radical (unpaired) electrons. The molecule has 0 bridgehead atoms. The van der Waals surface area contributed by atoms with Crippen molar-refractivity contribution in [1.82, 2.24) is 19.5 Å². The summed E-state index contributed by atoms with van der Waals surface area (Å²) in [6.07, 6.45) is 0. The van der Waals surface area contributed by atoms with Gasteiger partial charge >= 0.3 is 411 Å². The Labute approximate surface area is 408 Å². The van der Waals surface area contributed by atoms with Crippen molar-refractivity contribution in [2.75, 3.05) is 0 Å². The van der Waals surface area contributed by atoms with E-state index < -0.39 is 26.5 Å². The Morgan fingerprint density at radius 2 is 0.522 bits per heavy atom. The summed E-state index contributed by atoms with van der Waals surface area (Å²) >= 11 is -7.31. The van der Waals surface area contributed by atoms with Crippen molar-refractivity contribution in [2.24, 2.45) is 0 Å². The fourth-order valence-electron chi connectivity index (χ4n) is 10.8. The first-order valence-corrected chi connectivity index (χ1v) is 31.9. The molecule has 0 N–H and O–H groups in total. The van der Waals surface area contributed by atoms with Crippen molar-refractivity contribution < 1.29 is 0 Å². The van der Waals surface area contributed by atoms with E-state index in [9.17, 15) is 0 Å². The summed E-state index contributed by atoms with van der Waals surface area (Å²) in [6, 6.07) is 102. The van der Waals surface area contributed by atoms with E-state index in [2.05, 4.69) is 284 Å². The Morgan fingerprint density at radius 3 is 0.841 bits per heavy atom. The van der Waals surface area contributed by atoms with E-state index in [1.54, 1.807) is 0 Å². The molecule has 69 heavy (non-hydrogen) atoms. The van der Waals surface area contributed by atoms with Crippen LogP contribution in [-0.4, -0.2) is 46.1 Å². The van der Waals surface area contributed by atoms with E-state index in [4.69, 9.17) is 15.0 Å². The molecule has 0 aliphatic carbocycles. The predicted molar refractivity (Wildman–Crippen MR) is 292 cm³/mol. The number of nitrogens with zero attached hydrogens (tertiary/aromatic N) is 4. The van der Waals surface area contributed by atoms with Gasteiger partial charge in [0.2, 0.25) is 0 Å². The fourth-order valence-corrected chi connectivity index (χ4v) is 30.9. The van der Waals surface area contributed by atoms with Crippen LogP contribution in [0.2, 0.25) is 0 Å². The third kappa shape index (κ3) is 7.35.